The molecule has 1 saturated heterocycles. The number of fused-ring (bicyclic) bond motifs is 2. The first-order valence-corrected chi connectivity index (χ1v) is 9.42. The Morgan fingerprint density at radius 1 is 1.24 bits per heavy atom. The Labute approximate surface area is 146 Å². The van der Waals surface area contributed by atoms with Gasteiger partial charge in [-0.3, -0.25) is 4.79 Å². The van der Waals surface area contributed by atoms with Crippen molar-refractivity contribution < 1.29 is 14.1 Å². The highest BCUT2D eigenvalue weighted by atomic mass is 16.5. The highest BCUT2D eigenvalue weighted by Gasteiger charge is 2.38. The Bertz CT molecular complexity index is 825. The van der Waals surface area contributed by atoms with Gasteiger partial charge in [0.2, 0.25) is 0 Å². The second kappa shape index (κ2) is 5.80. The molecule has 6 nitrogen and oxygen atoms in total. The van der Waals surface area contributed by atoms with Crippen molar-refractivity contribution in [3.63, 3.8) is 0 Å². The van der Waals surface area contributed by atoms with E-state index in [1.807, 2.05) is 17.9 Å². The summed E-state index contributed by atoms with van der Waals surface area (Å²) in [6.07, 6.45) is 6.92. The number of nitrogens with zero attached hydrogens (tertiary/aromatic N) is 3. The summed E-state index contributed by atoms with van der Waals surface area (Å²) in [6, 6.07) is 2.18. The van der Waals surface area contributed by atoms with Crippen molar-refractivity contribution in [3.8, 4) is 0 Å². The fraction of sp³-hybridized carbons (Fsp3) is 0.632. The Hall–Kier alpha value is -1.95. The number of morpholine rings is 1. The van der Waals surface area contributed by atoms with Crippen LogP contribution in [0.5, 0.6) is 0 Å². The van der Waals surface area contributed by atoms with Crippen molar-refractivity contribution in [2.24, 2.45) is 0 Å². The standard InChI is InChI=1S/C19H23N3O3/c1-11-17-13(10-14(12-6-7-12)20-18(17)25-21-11)19(23)22-8-9-24-16-5-3-2-4-15(16)22/h10,12,15-16H,2-9H2,1H3/t15-,16+/m0/s1. The first-order valence-electron chi connectivity index (χ1n) is 9.42. The first-order chi connectivity index (χ1) is 12.2. The van der Waals surface area contributed by atoms with Crippen LogP contribution in [0.3, 0.4) is 0 Å². The van der Waals surface area contributed by atoms with Gasteiger partial charge in [-0.05, 0) is 38.7 Å². The van der Waals surface area contributed by atoms with Gasteiger partial charge in [-0.15, -0.1) is 0 Å². The Morgan fingerprint density at radius 3 is 2.92 bits per heavy atom. The topological polar surface area (TPSA) is 68.5 Å². The van der Waals surface area contributed by atoms with Gasteiger partial charge in [0.1, 0.15) is 0 Å². The molecule has 2 aliphatic carbocycles. The van der Waals surface area contributed by atoms with E-state index in [1.165, 1.54) is 12.8 Å². The number of carbonyl (C=O) groups is 1. The normalized spacial score (nSPS) is 26.7. The minimum Gasteiger partial charge on any atom is -0.374 e. The van der Waals surface area contributed by atoms with E-state index >= 15 is 0 Å². The summed E-state index contributed by atoms with van der Waals surface area (Å²) in [5.74, 6) is 0.550. The first kappa shape index (κ1) is 15.3. The molecular formula is C19H23N3O3. The molecular weight excluding hydrogens is 318 g/mol. The minimum atomic E-state index is 0.0841. The Morgan fingerprint density at radius 2 is 2.08 bits per heavy atom. The molecule has 6 heteroatoms. The lowest BCUT2D eigenvalue weighted by molar-refractivity contribution is -0.0752. The van der Waals surface area contributed by atoms with E-state index in [2.05, 4.69) is 10.1 Å². The van der Waals surface area contributed by atoms with E-state index in [1.54, 1.807) is 0 Å². The molecule has 0 radical (unpaired) electrons. The molecule has 0 N–H and O–H groups in total. The lowest BCUT2D eigenvalue weighted by Gasteiger charge is -2.43. The minimum absolute atomic E-state index is 0.0841. The van der Waals surface area contributed by atoms with Crippen molar-refractivity contribution in [2.45, 2.75) is 63.5 Å². The van der Waals surface area contributed by atoms with Gasteiger partial charge in [-0.2, -0.15) is 0 Å². The molecule has 2 saturated carbocycles. The van der Waals surface area contributed by atoms with Gasteiger partial charge in [-0.25, -0.2) is 4.98 Å². The summed E-state index contributed by atoms with van der Waals surface area (Å²) in [5.41, 5.74) is 2.91. The molecule has 3 aliphatic rings. The van der Waals surface area contributed by atoms with Crippen LogP contribution in [0.25, 0.3) is 11.1 Å². The number of aryl methyl sites for hydroxylation is 1. The third kappa shape index (κ3) is 2.54. The molecule has 2 atom stereocenters. The summed E-state index contributed by atoms with van der Waals surface area (Å²) in [5, 5.41) is 4.82. The molecule has 1 aliphatic heterocycles. The molecule has 3 fully saturated rings. The number of aromatic nitrogens is 2. The van der Waals surface area contributed by atoms with Crippen LogP contribution in [0.2, 0.25) is 0 Å². The van der Waals surface area contributed by atoms with Crippen LogP contribution < -0.4 is 0 Å². The number of hydrogen-bond acceptors (Lipinski definition) is 5. The van der Waals surface area contributed by atoms with Crippen LogP contribution in [-0.2, 0) is 4.74 Å². The molecule has 0 unspecified atom stereocenters. The lowest BCUT2D eigenvalue weighted by atomic mass is 9.89. The predicted octanol–water partition coefficient (Wildman–Crippen LogP) is 3.19. The third-order valence-corrected chi connectivity index (χ3v) is 5.86. The van der Waals surface area contributed by atoms with Gasteiger partial charge in [-0.1, -0.05) is 18.0 Å². The maximum Gasteiger partial charge on any atom is 0.259 e. The van der Waals surface area contributed by atoms with Crippen molar-refractivity contribution >= 4 is 17.0 Å². The molecule has 0 aromatic carbocycles. The summed E-state index contributed by atoms with van der Waals surface area (Å²) in [7, 11) is 0. The van der Waals surface area contributed by atoms with Crippen LogP contribution in [-0.4, -0.2) is 46.2 Å². The van der Waals surface area contributed by atoms with E-state index in [-0.39, 0.29) is 18.1 Å². The second-order valence-electron chi connectivity index (χ2n) is 7.58. The molecule has 25 heavy (non-hydrogen) atoms. The number of hydrogen-bond donors (Lipinski definition) is 0. The molecule has 5 rings (SSSR count). The van der Waals surface area contributed by atoms with Crippen LogP contribution in [0, 0.1) is 6.92 Å². The molecule has 1 amide bonds. The molecule has 0 spiro atoms. The zero-order valence-electron chi connectivity index (χ0n) is 14.5. The third-order valence-electron chi connectivity index (χ3n) is 5.86. The number of pyridine rings is 1. The van der Waals surface area contributed by atoms with Gasteiger partial charge in [0.05, 0.1) is 35.4 Å². The van der Waals surface area contributed by atoms with Crippen molar-refractivity contribution in [3.05, 3.63) is 23.0 Å². The van der Waals surface area contributed by atoms with Gasteiger partial charge in [0, 0.05) is 18.2 Å². The van der Waals surface area contributed by atoms with Crippen LogP contribution in [0.1, 0.15) is 66.2 Å². The molecule has 132 valence electrons. The Kier molecular flexibility index (Phi) is 3.55. The largest absolute Gasteiger partial charge is 0.374 e. The SMILES string of the molecule is Cc1noc2nc(C3CC3)cc(C(=O)N3CCO[C@@H]4CCCC[C@@H]43)c12. The molecule has 3 heterocycles. The molecule has 2 aromatic rings. The van der Waals surface area contributed by atoms with E-state index in [4.69, 9.17) is 9.26 Å². The summed E-state index contributed by atoms with van der Waals surface area (Å²) >= 11 is 0. The highest BCUT2D eigenvalue weighted by Crippen LogP contribution is 2.41. The summed E-state index contributed by atoms with van der Waals surface area (Å²) in [4.78, 5) is 20.1. The van der Waals surface area contributed by atoms with Gasteiger partial charge in [0.15, 0.2) is 0 Å². The van der Waals surface area contributed by atoms with Crippen LogP contribution in [0.15, 0.2) is 10.6 Å². The van der Waals surface area contributed by atoms with Crippen molar-refractivity contribution in [1.82, 2.24) is 15.0 Å². The van der Waals surface area contributed by atoms with E-state index in [9.17, 15) is 4.79 Å². The van der Waals surface area contributed by atoms with Gasteiger partial charge in [0.25, 0.3) is 11.6 Å². The van der Waals surface area contributed by atoms with Crippen molar-refractivity contribution in [2.75, 3.05) is 13.2 Å². The van der Waals surface area contributed by atoms with Gasteiger partial charge >= 0.3 is 0 Å². The number of carbonyl (C=O) groups excluding carboxylic acids is 1. The Balaban J connectivity index is 1.57. The van der Waals surface area contributed by atoms with E-state index in [0.717, 1.165) is 42.5 Å². The van der Waals surface area contributed by atoms with E-state index in [0.29, 0.717) is 30.3 Å². The number of amides is 1. The fourth-order valence-electron chi connectivity index (χ4n) is 4.37. The van der Waals surface area contributed by atoms with Gasteiger partial charge < -0.3 is 14.2 Å². The monoisotopic (exact) mass is 341 g/mol. The number of ether oxygens (including phenoxy) is 1. The van der Waals surface area contributed by atoms with Crippen LogP contribution >= 0.6 is 0 Å². The molecule has 0 bridgehead atoms. The summed E-state index contributed by atoms with van der Waals surface area (Å²) in [6.45, 7) is 3.16. The molecule has 2 aromatic heterocycles. The maximum absolute atomic E-state index is 13.5. The average Bonchev–Trinajstić information content (AvgIpc) is 3.44. The number of rotatable bonds is 2. The zero-order valence-corrected chi connectivity index (χ0v) is 14.5. The van der Waals surface area contributed by atoms with Crippen molar-refractivity contribution in [1.29, 1.82) is 0 Å². The zero-order chi connectivity index (χ0) is 17.0. The predicted molar refractivity (Wildman–Crippen MR) is 91.5 cm³/mol. The van der Waals surface area contributed by atoms with Crippen LogP contribution in [0.4, 0.5) is 0 Å². The average molecular weight is 341 g/mol. The quantitative estimate of drug-likeness (QED) is 0.839. The highest BCUT2D eigenvalue weighted by molar-refractivity contribution is 6.06. The summed E-state index contributed by atoms with van der Waals surface area (Å²) < 4.78 is 11.3. The second-order valence-corrected chi connectivity index (χ2v) is 7.58. The lowest BCUT2D eigenvalue weighted by Crippen LogP contribution is -2.54. The maximum atomic E-state index is 13.5. The smallest absolute Gasteiger partial charge is 0.259 e. The fourth-order valence-corrected chi connectivity index (χ4v) is 4.37. The van der Waals surface area contributed by atoms with E-state index < -0.39 is 0 Å².